The lowest BCUT2D eigenvalue weighted by Gasteiger charge is -2.12. The molecule has 5 heteroatoms. The van der Waals surface area contributed by atoms with Crippen LogP contribution < -0.4 is 5.32 Å². The summed E-state index contributed by atoms with van der Waals surface area (Å²) >= 11 is 5.94. The molecule has 1 unspecified atom stereocenters. The lowest BCUT2D eigenvalue weighted by Crippen LogP contribution is -2.24. The topological polar surface area (TPSA) is 65.3 Å². The number of nitrogens with zero attached hydrogens (tertiary/aromatic N) is 1. The largest absolute Gasteiger partial charge is 0.389 e. The molecule has 0 aliphatic rings. The fourth-order valence-corrected chi connectivity index (χ4v) is 1.45. The molecule has 0 aromatic heterocycles. The first-order chi connectivity index (χ1) is 7.67. The lowest BCUT2D eigenvalue weighted by molar-refractivity contribution is 0.0727. The Morgan fingerprint density at radius 3 is 2.94 bits per heavy atom. The molecule has 16 heavy (non-hydrogen) atoms. The normalized spacial score (nSPS) is 11.9. The Kier molecular flexibility index (Phi) is 5.06. The second-order valence-electron chi connectivity index (χ2n) is 3.30. The predicted molar refractivity (Wildman–Crippen MR) is 62.5 cm³/mol. The number of benzene rings is 1. The number of nitriles is 1. The number of ether oxygens (including phenoxy) is 1. The van der Waals surface area contributed by atoms with Gasteiger partial charge in [-0.3, -0.25) is 0 Å². The first-order valence-corrected chi connectivity index (χ1v) is 5.15. The first-order valence-electron chi connectivity index (χ1n) is 4.78. The van der Waals surface area contributed by atoms with E-state index in [1.807, 2.05) is 6.07 Å². The van der Waals surface area contributed by atoms with Crippen molar-refractivity contribution >= 4 is 17.3 Å². The zero-order valence-electron chi connectivity index (χ0n) is 8.90. The van der Waals surface area contributed by atoms with Gasteiger partial charge in [-0.1, -0.05) is 11.6 Å². The SMILES string of the molecule is COCC(O)CNc1ccc(C#N)cc1Cl. The number of aliphatic hydroxyl groups excluding tert-OH is 1. The van der Waals surface area contributed by atoms with Crippen molar-refractivity contribution in [3.05, 3.63) is 28.8 Å². The summed E-state index contributed by atoms with van der Waals surface area (Å²) in [5, 5.41) is 21.5. The average molecular weight is 241 g/mol. The minimum absolute atomic E-state index is 0.265. The van der Waals surface area contributed by atoms with Gasteiger partial charge in [0, 0.05) is 13.7 Å². The number of halogens is 1. The van der Waals surface area contributed by atoms with Gasteiger partial charge in [0.05, 0.1) is 35.1 Å². The minimum Gasteiger partial charge on any atom is -0.389 e. The van der Waals surface area contributed by atoms with E-state index in [0.717, 1.165) is 0 Å². The van der Waals surface area contributed by atoms with Crippen molar-refractivity contribution in [1.29, 1.82) is 5.26 Å². The highest BCUT2D eigenvalue weighted by atomic mass is 35.5. The van der Waals surface area contributed by atoms with Crippen LogP contribution in [0.4, 0.5) is 5.69 Å². The lowest BCUT2D eigenvalue weighted by atomic mass is 10.2. The van der Waals surface area contributed by atoms with E-state index in [0.29, 0.717) is 22.8 Å². The van der Waals surface area contributed by atoms with E-state index in [1.54, 1.807) is 18.2 Å². The van der Waals surface area contributed by atoms with Crippen molar-refractivity contribution in [3.63, 3.8) is 0 Å². The minimum atomic E-state index is -0.586. The molecule has 1 atom stereocenters. The number of methoxy groups -OCH3 is 1. The van der Waals surface area contributed by atoms with Crippen LogP contribution >= 0.6 is 11.6 Å². The maximum absolute atomic E-state index is 9.42. The Labute approximate surface area is 99.4 Å². The zero-order chi connectivity index (χ0) is 12.0. The molecule has 0 radical (unpaired) electrons. The molecule has 1 rings (SSSR count). The van der Waals surface area contributed by atoms with E-state index in [-0.39, 0.29) is 6.61 Å². The van der Waals surface area contributed by atoms with Crippen molar-refractivity contribution < 1.29 is 9.84 Å². The Hall–Kier alpha value is -1.28. The third-order valence-corrected chi connectivity index (χ3v) is 2.30. The summed E-state index contributed by atoms with van der Waals surface area (Å²) in [5.74, 6) is 0. The van der Waals surface area contributed by atoms with Gasteiger partial charge in [-0.05, 0) is 18.2 Å². The molecule has 0 saturated carbocycles. The van der Waals surface area contributed by atoms with Gasteiger partial charge in [0.15, 0.2) is 0 Å². The van der Waals surface area contributed by atoms with Gasteiger partial charge in [0.1, 0.15) is 0 Å². The smallest absolute Gasteiger partial charge is 0.0992 e. The summed E-state index contributed by atoms with van der Waals surface area (Å²) in [7, 11) is 1.53. The number of aliphatic hydroxyl groups is 1. The second-order valence-corrected chi connectivity index (χ2v) is 3.70. The van der Waals surface area contributed by atoms with Crippen LogP contribution in [0.2, 0.25) is 5.02 Å². The Balaban J connectivity index is 2.58. The molecule has 0 amide bonds. The molecular weight excluding hydrogens is 228 g/mol. The number of hydrogen-bond donors (Lipinski definition) is 2. The van der Waals surface area contributed by atoms with Gasteiger partial charge < -0.3 is 15.2 Å². The number of rotatable bonds is 5. The van der Waals surface area contributed by atoms with E-state index < -0.39 is 6.10 Å². The molecule has 86 valence electrons. The fourth-order valence-electron chi connectivity index (χ4n) is 1.21. The highest BCUT2D eigenvalue weighted by molar-refractivity contribution is 6.33. The molecule has 0 aliphatic carbocycles. The highest BCUT2D eigenvalue weighted by Gasteiger charge is 2.05. The quantitative estimate of drug-likeness (QED) is 0.821. The molecule has 1 aromatic carbocycles. The van der Waals surface area contributed by atoms with Crippen molar-refractivity contribution in [3.8, 4) is 6.07 Å². The Bertz CT molecular complexity index is 390. The standard InChI is InChI=1S/C11H13ClN2O2/c1-16-7-9(15)6-14-11-3-2-8(5-13)4-10(11)12/h2-4,9,14-15H,6-7H2,1H3. The van der Waals surface area contributed by atoms with Gasteiger partial charge in [0.2, 0.25) is 0 Å². The summed E-state index contributed by atoms with van der Waals surface area (Å²) in [6.45, 7) is 0.611. The van der Waals surface area contributed by atoms with Gasteiger partial charge >= 0.3 is 0 Å². The van der Waals surface area contributed by atoms with Crippen LogP contribution in [0, 0.1) is 11.3 Å². The maximum atomic E-state index is 9.42. The fraction of sp³-hybridized carbons (Fsp3) is 0.364. The van der Waals surface area contributed by atoms with Crippen LogP contribution in [0.5, 0.6) is 0 Å². The molecule has 0 heterocycles. The van der Waals surface area contributed by atoms with Crippen molar-refractivity contribution in [1.82, 2.24) is 0 Å². The van der Waals surface area contributed by atoms with Gasteiger partial charge in [-0.2, -0.15) is 5.26 Å². The zero-order valence-corrected chi connectivity index (χ0v) is 9.66. The van der Waals surface area contributed by atoms with Crippen molar-refractivity contribution in [2.75, 3.05) is 25.6 Å². The average Bonchev–Trinajstić information content (AvgIpc) is 2.27. The van der Waals surface area contributed by atoms with E-state index >= 15 is 0 Å². The Morgan fingerprint density at radius 2 is 2.38 bits per heavy atom. The van der Waals surface area contributed by atoms with Gasteiger partial charge in [-0.25, -0.2) is 0 Å². The molecule has 0 spiro atoms. The van der Waals surface area contributed by atoms with E-state index in [2.05, 4.69) is 5.32 Å². The third-order valence-electron chi connectivity index (χ3n) is 1.99. The molecule has 2 N–H and O–H groups in total. The van der Waals surface area contributed by atoms with Gasteiger partial charge in [0.25, 0.3) is 0 Å². The van der Waals surface area contributed by atoms with Crippen LogP contribution in [0.3, 0.4) is 0 Å². The van der Waals surface area contributed by atoms with E-state index in [4.69, 9.17) is 21.6 Å². The predicted octanol–water partition coefficient (Wildman–Crippen LogP) is 1.63. The van der Waals surface area contributed by atoms with Crippen LogP contribution in [-0.2, 0) is 4.74 Å². The molecule has 0 bridgehead atoms. The number of anilines is 1. The molecule has 0 saturated heterocycles. The van der Waals surface area contributed by atoms with E-state index in [9.17, 15) is 5.11 Å². The highest BCUT2D eigenvalue weighted by Crippen LogP contribution is 2.22. The summed E-state index contributed by atoms with van der Waals surface area (Å²) in [4.78, 5) is 0. The van der Waals surface area contributed by atoms with Crippen LogP contribution in [0.1, 0.15) is 5.56 Å². The molecule has 4 nitrogen and oxygen atoms in total. The van der Waals surface area contributed by atoms with E-state index in [1.165, 1.54) is 7.11 Å². The van der Waals surface area contributed by atoms with Gasteiger partial charge in [-0.15, -0.1) is 0 Å². The number of hydrogen-bond acceptors (Lipinski definition) is 4. The second kappa shape index (κ2) is 6.33. The van der Waals surface area contributed by atoms with Crippen molar-refractivity contribution in [2.45, 2.75) is 6.10 Å². The summed E-state index contributed by atoms with van der Waals surface area (Å²) in [5.41, 5.74) is 1.20. The Morgan fingerprint density at radius 1 is 1.62 bits per heavy atom. The van der Waals surface area contributed by atoms with Crippen LogP contribution in [-0.4, -0.2) is 31.5 Å². The molecular formula is C11H13ClN2O2. The molecule has 0 aliphatic heterocycles. The summed E-state index contributed by atoms with van der Waals surface area (Å²) in [6.07, 6.45) is -0.586. The van der Waals surface area contributed by atoms with Crippen LogP contribution in [0.15, 0.2) is 18.2 Å². The summed E-state index contributed by atoms with van der Waals surface area (Å²) < 4.78 is 4.79. The van der Waals surface area contributed by atoms with Crippen LogP contribution in [0.25, 0.3) is 0 Å². The number of nitrogens with one attached hydrogen (secondary N) is 1. The maximum Gasteiger partial charge on any atom is 0.0992 e. The molecule has 1 aromatic rings. The monoisotopic (exact) mass is 240 g/mol. The first kappa shape index (κ1) is 12.8. The van der Waals surface area contributed by atoms with Crippen molar-refractivity contribution in [2.24, 2.45) is 0 Å². The summed E-state index contributed by atoms with van der Waals surface area (Å²) in [6, 6.07) is 6.95. The molecule has 0 fully saturated rings. The third kappa shape index (κ3) is 3.70.